The standard InChI is InChI=1S/C25H23F3O3/c1-3-30-25(29)15-31-24-12-11-23(28)21(16(24)2)9-7-19-13-18(8-10-22(19)27)17-5-4-6-20(26)14-17/h4-6,8,10-14H,3,7,9,15H2,1-2H3. The summed E-state index contributed by atoms with van der Waals surface area (Å²) in [5.74, 6) is -1.35. The van der Waals surface area contributed by atoms with Crippen LogP contribution in [0.1, 0.15) is 23.6 Å². The van der Waals surface area contributed by atoms with E-state index in [0.717, 1.165) is 0 Å². The van der Waals surface area contributed by atoms with Crippen molar-refractivity contribution in [1.82, 2.24) is 0 Å². The second-order valence-corrected chi connectivity index (χ2v) is 7.06. The first-order valence-corrected chi connectivity index (χ1v) is 9.99. The number of esters is 1. The zero-order valence-corrected chi connectivity index (χ0v) is 17.4. The number of carbonyl (C=O) groups excluding carboxylic acids is 1. The number of ether oxygens (including phenoxy) is 2. The summed E-state index contributed by atoms with van der Waals surface area (Å²) in [5, 5.41) is 0. The summed E-state index contributed by atoms with van der Waals surface area (Å²) in [5.41, 5.74) is 2.65. The minimum atomic E-state index is -0.510. The number of carbonyl (C=O) groups is 1. The van der Waals surface area contributed by atoms with Gasteiger partial charge in [0, 0.05) is 0 Å². The molecule has 3 nitrogen and oxygen atoms in total. The molecule has 0 aliphatic heterocycles. The molecule has 0 radical (unpaired) electrons. The Labute approximate surface area is 179 Å². The second-order valence-electron chi connectivity index (χ2n) is 7.06. The molecule has 0 heterocycles. The molecule has 0 bridgehead atoms. The molecular weight excluding hydrogens is 405 g/mol. The molecule has 0 aliphatic rings. The molecule has 31 heavy (non-hydrogen) atoms. The number of aryl methyl sites for hydroxylation is 1. The topological polar surface area (TPSA) is 35.5 Å². The number of rotatable bonds is 8. The van der Waals surface area contributed by atoms with Crippen molar-refractivity contribution in [3.63, 3.8) is 0 Å². The normalized spacial score (nSPS) is 10.7. The van der Waals surface area contributed by atoms with Crippen molar-refractivity contribution in [2.75, 3.05) is 13.2 Å². The molecule has 0 saturated carbocycles. The lowest BCUT2D eigenvalue weighted by Gasteiger charge is -2.14. The van der Waals surface area contributed by atoms with Gasteiger partial charge in [-0.15, -0.1) is 0 Å². The van der Waals surface area contributed by atoms with Crippen LogP contribution in [0.5, 0.6) is 5.75 Å². The monoisotopic (exact) mass is 428 g/mol. The molecule has 162 valence electrons. The van der Waals surface area contributed by atoms with Crippen LogP contribution in [0, 0.1) is 24.4 Å². The third-order valence-corrected chi connectivity index (χ3v) is 4.99. The molecule has 0 N–H and O–H groups in total. The van der Waals surface area contributed by atoms with E-state index in [1.54, 1.807) is 38.1 Å². The summed E-state index contributed by atoms with van der Waals surface area (Å²) in [6.07, 6.45) is 0.478. The van der Waals surface area contributed by atoms with Crippen LogP contribution in [-0.2, 0) is 22.4 Å². The van der Waals surface area contributed by atoms with Crippen molar-refractivity contribution in [3.8, 4) is 16.9 Å². The van der Waals surface area contributed by atoms with Gasteiger partial charge < -0.3 is 9.47 Å². The number of hydrogen-bond donors (Lipinski definition) is 0. The summed E-state index contributed by atoms with van der Waals surface area (Å²) in [6.45, 7) is 3.36. The van der Waals surface area contributed by atoms with Crippen molar-refractivity contribution in [1.29, 1.82) is 0 Å². The molecule has 3 rings (SSSR count). The second kappa shape index (κ2) is 10.2. The van der Waals surface area contributed by atoms with Crippen molar-refractivity contribution in [2.45, 2.75) is 26.7 Å². The Morgan fingerprint density at radius 1 is 0.903 bits per heavy atom. The smallest absolute Gasteiger partial charge is 0.344 e. The number of halogens is 3. The van der Waals surface area contributed by atoms with E-state index in [-0.39, 0.29) is 31.9 Å². The molecular formula is C25H23F3O3. The van der Waals surface area contributed by atoms with Crippen molar-refractivity contribution >= 4 is 5.97 Å². The van der Waals surface area contributed by atoms with E-state index in [1.807, 2.05) is 0 Å². The predicted octanol–water partition coefficient (Wildman–Crippen LogP) is 5.81. The average molecular weight is 428 g/mol. The van der Waals surface area contributed by atoms with Crippen LogP contribution in [0.2, 0.25) is 0 Å². The fraction of sp³-hybridized carbons (Fsp3) is 0.240. The Hall–Kier alpha value is -3.28. The maximum atomic E-state index is 14.5. The first-order chi connectivity index (χ1) is 14.9. The third-order valence-electron chi connectivity index (χ3n) is 4.99. The quantitative estimate of drug-likeness (QED) is 0.425. The van der Waals surface area contributed by atoms with Crippen LogP contribution in [0.25, 0.3) is 11.1 Å². The van der Waals surface area contributed by atoms with Gasteiger partial charge in [-0.3, -0.25) is 0 Å². The van der Waals surface area contributed by atoms with E-state index in [1.165, 1.54) is 30.3 Å². The van der Waals surface area contributed by atoms with Crippen LogP contribution in [0.4, 0.5) is 13.2 Å². The van der Waals surface area contributed by atoms with Gasteiger partial charge in [-0.1, -0.05) is 18.2 Å². The molecule has 0 aliphatic carbocycles. The highest BCUT2D eigenvalue weighted by atomic mass is 19.1. The molecule has 0 spiro atoms. The summed E-state index contributed by atoms with van der Waals surface area (Å²) >= 11 is 0. The van der Waals surface area contributed by atoms with E-state index in [4.69, 9.17) is 9.47 Å². The Bertz CT molecular complexity index is 1080. The Morgan fingerprint density at radius 3 is 2.39 bits per heavy atom. The van der Waals surface area contributed by atoms with Crippen molar-refractivity contribution in [3.05, 3.63) is 88.7 Å². The van der Waals surface area contributed by atoms with E-state index >= 15 is 0 Å². The maximum Gasteiger partial charge on any atom is 0.344 e. The van der Waals surface area contributed by atoms with Gasteiger partial charge in [0.15, 0.2) is 6.61 Å². The van der Waals surface area contributed by atoms with Crippen molar-refractivity contribution < 1.29 is 27.4 Å². The van der Waals surface area contributed by atoms with Gasteiger partial charge in [0.05, 0.1) is 6.61 Å². The Morgan fingerprint density at radius 2 is 1.65 bits per heavy atom. The molecule has 0 saturated heterocycles. The zero-order valence-electron chi connectivity index (χ0n) is 17.4. The Balaban J connectivity index is 1.78. The van der Waals surface area contributed by atoms with Crippen molar-refractivity contribution in [2.24, 2.45) is 0 Å². The van der Waals surface area contributed by atoms with E-state index in [0.29, 0.717) is 33.6 Å². The zero-order chi connectivity index (χ0) is 22.4. The van der Waals surface area contributed by atoms with Crippen LogP contribution >= 0.6 is 0 Å². The summed E-state index contributed by atoms with van der Waals surface area (Å²) in [6, 6.07) is 13.4. The Kier molecular flexibility index (Phi) is 7.34. The van der Waals surface area contributed by atoms with Crippen LogP contribution in [0.15, 0.2) is 54.6 Å². The van der Waals surface area contributed by atoms with Gasteiger partial charge >= 0.3 is 5.97 Å². The molecule has 0 atom stereocenters. The van der Waals surface area contributed by atoms with Gasteiger partial charge in [-0.25, -0.2) is 18.0 Å². The molecule has 3 aromatic rings. The molecule has 0 fully saturated rings. The lowest BCUT2D eigenvalue weighted by molar-refractivity contribution is -0.145. The largest absolute Gasteiger partial charge is 0.482 e. The van der Waals surface area contributed by atoms with E-state index < -0.39 is 17.6 Å². The predicted molar refractivity (Wildman–Crippen MR) is 112 cm³/mol. The summed E-state index contributed by atoms with van der Waals surface area (Å²) in [4.78, 5) is 11.5. The van der Waals surface area contributed by atoms with Crippen LogP contribution in [-0.4, -0.2) is 19.2 Å². The van der Waals surface area contributed by atoms with Gasteiger partial charge in [-0.05, 0) is 90.9 Å². The molecule has 6 heteroatoms. The summed E-state index contributed by atoms with van der Waals surface area (Å²) < 4.78 is 52.7. The maximum absolute atomic E-state index is 14.5. The van der Waals surface area contributed by atoms with Gasteiger partial charge in [0.2, 0.25) is 0 Å². The van der Waals surface area contributed by atoms with Gasteiger partial charge in [-0.2, -0.15) is 0 Å². The SMILES string of the molecule is CCOC(=O)COc1ccc(F)c(CCc2cc(-c3cccc(F)c3)ccc2F)c1C. The number of hydrogen-bond acceptors (Lipinski definition) is 3. The highest BCUT2D eigenvalue weighted by Crippen LogP contribution is 2.27. The minimum absolute atomic E-state index is 0.234. The fourth-order valence-corrected chi connectivity index (χ4v) is 3.38. The van der Waals surface area contributed by atoms with Crippen LogP contribution in [0.3, 0.4) is 0 Å². The molecule has 0 aromatic heterocycles. The molecule has 3 aromatic carbocycles. The number of benzene rings is 3. The highest BCUT2D eigenvalue weighted by Gasteiger charge is 2.14. The first-order valence-electron chi connectivity index (χ1n) is 9.99. The molecule has 0 unspecified atom stereocenters. The fourth-order valence-electron chi connectivity index (χ4n) is 3.38. The molecule has 0 amide bonds. The van der Waals surface area contributed by atoms with Crippen LogP contribution < -0.4 is 4.74 Å². The average Bonchev–Trinajstić information content (AvgIpc) is 2.74. The van der Waals surface area contributed by atoms with Gasteiger partial charge in [0.1, 0.15) is 23.2 Å². The first kappa shape index (κ1) is 22.4. The van der Waals surface area contributed by atoms with E-state index in [2.05, 4.69) is 0 Å². The summed E-state index contributed by atoms with van der Waals surface area (Å²) in [7, 11) is 0. The minimum Gasteiger partial charge on any atom is -0.482 e. The van der Waals surface area contributed by atoms with E-state index in [9.17, 15) is 18.0 Å². The third kappa shape index (κ3) is 5.66. The van der Waals surface area contributed by atoms with Gasteiger partial charge in [0.25, 0.3) is 0 Å². The lowest BCUT2D eigenvalue weighted by atomic mass is 9.96. The lowest BCUT2D eigenvalue weighted by Crippen LogP contribution is -2.15. The highest BCUT2D eigenvalue weighted by molar-refractivity contribution is 5.71.